The number of hydrogen-bond donors (Lipinski definition) is 1. The molecule has 1 atom stereocenters. The Bertz CT molecular complexity index is 469. The van der Waals surface area contributed by atoms with Crippen molar-refractivity contribution in [2.75, 3.05) is 18.6 Å². The fourth-order valence-electron chi connectivity index (χ4n) is 1.94. The zero-order valence-corrected chi connectivity index (χ0v) is 12.8. The van der Waals surface area contributed by atoms with E-state index < -0.39 is 9.84 Å². The Balaban J connectivity index is 2.69. The molecule has 19 heavy (non-hydrogen) atoms. The standard InChI is InChI=1S/C14H24N2O2S/c1-4-8-15-14(11-19(3,17)18)9-13-7-6-12(5-2)10-16-13/h6-7,10,14-15H,4-5,8-9,11H2,1-3H3. The number of aromatic nitrogens is 1. The van der Waals surface area contributed by atoms with Crippen LogP contribution in [0.2, 0.25) is 0 Å². The summed E-state index contributed by atoms with van der Waals surface area (Å²) in [5.41, 5.74) is 2.14. The average Bonchev–Trinajstić information content (AvgIpc) is 2.35. The Labute approximate surface area is 116 Å². The molecule has 0 fully saturated rings. The normalized spacial score (nSPS) is 13.4. The van der Waals surface area contributed by atoms with E-state index in [1.165, 1.54) is 11.8 Å². The van der Waals surface area contributed by atoms with E-state index in [1.807, 2.05) is 12.3 Å². The highest BCUT2D eigenvalue weighted by atomic mass is 32.2. The second kappa shape index (κ2) is 7.60. The largest absolute Gasteiger partial charge is 0.313 e. The summed E-state index contributed by atoms with van der Waals surface area (Å²) >= 11 is 0. The number of rotatable bonds is 8. The Hall–Kier alpha value is -0.940. The minimum Gasteiger partial charge on any atom is -0.313 e. The maximum atomic E-state index is 11.4. The van der Waals surface area contributed by atoms with Crippen LogP contribution in [0.4, 0.5) is 0 Å². The van der Waals surface area contributed by atoms with Crippen LogP contribution in [-0.2, 0) is 22.7 Å². The second-order valence-corrected chi connectivity index (χ2v) is 7.14. The van der Waals surface area contributed by atoms with Crippen molar-refractivity contribution in [1.82, 2.24) is 10.3 Å². The summed E-state index contributed by atoms with van der Waals surface area (Å²) in [6.45, 7) is 4.98. The SMILES string of the molecule is CCCNC(Cc1ccc(CC)cn1)CS(C)(=O)=O. The fraction of sp³-hybridized carbons (Fsp3) is 0.643. The summed E-state index contributed by atoms with van der Waals surface area (Å²) in [4.78, 5) is 4.39. The molecule has 1 rings (SSSR count). The van der Waals surface area contributed by atoms with Crippen molar-refractivity contribution in [2.45, 2.75) is 39.2 Å². The monoisotopic (exact) mass is 284 g/mol. The first kappa shape index (κ1) is 16.1. The van der Waals surface area contributed by atoms with Gasteiger partial charge in [-0.1, -0.05) is 19.9 Å². The predicted octanol–water partition coefficient (Wildman–Crippen LogP) is 1.60. The van der Waals surface area contributed by atoms with Gasteiger partial charge in [0.25, 0.3) is 0 Å². The molecule has 4 nitrogen and oxygen atoms in total. The highest BCUT2D eigenvalue weighted by molar-refractivity contribution is 7.90. The molecule has 0 aliphatic rings. The number of nitrogens with zero attached hydrogens (tertiary/aromatic N) is 1. The van der Waals surface area contributed by atoms with Crippen LogP contribution in [0.3, 0.4) is 0 Å². The molecule has 0 radical (unpaired) electrons. The molecule has 0 spiro atoms. The zero-order chi connectivity index (χ0) is 14.3. The van der Waals surface area contributed by atoms with Gasteiger partial charge in [-0.15, -0.1) is 0 Å². The first-order valence-corrected chi connectivity index (χ1v) is 8.85. The molecule has 0 aromatic carbocycles. The average molecular weight is 284 g/mol. The molecule has 0 saturated heterocycles. The number of aryl methyl sites for hydroxylation is 1. The highest BCUT2D eigenvalue weighted by Crippen LogP contribution is 2.05. The van der Waals surface area contributed by atoms with Gasteiger partial charge in [0.1, 0.15) is 9.84 Å². The van der Waals surface area contributed by atoms with E-state index in [2.05, 4.69) is 30.2 Å². The molecular weight excluding hydrogens is 260 g/mol. The maximum absolute atomic E-state index is 11.4. The summed E-state index contributed by atoms with van der Waals surface area (Å²) in [6.07, 6.45) is 5.75. The zero-order valence-electron chi connectivity index (χ0n) is 12.0. The van der Waals surface area contributed by atoms with Gasteiger partial charge in [0, 0.05) is 30.6 Å². The van der Waals surface area contributed by atoms with Crippen molar-refractivity contribution < 1.29 is 8.42 Å². The smallest absolute Gasteiger partial charge is 0.148 e. The summed E-state index contributed by atoms with van der Waals surface area (Å²) in [7, 11) is -2.98. The van der Waals surface area contributed by atoms with Crippen LogP contribution in [0.5, 0.6) is 0 Å². The van der Waals surface area contributed by atoms with Gasteiger partial charge in [-0.2, -0.15) is 0 Å². The van der Waals surface area contributed by atoms with Gasteiger partial charge >= 0.3 is 0 Å². The van der Waals surface area contributed by atoms with Crippen molar-refractivity contribution in [3.63, 3.8) is 0 Å². The summed E-state index contributed by atoms with van der Waals surface area (Å²) in [5, 5.41) is 3.28. The second-order valence-electron chi connectivity index (χ2n) is 4.96. The molecule has 5 heteroatoms. The van der Waals surface area contributed by atoms with E-state index >= 15 is 0 Å². The summed E-state index contributed by atoms with van der Waals surface area (Å²) in [5.74, 6) is 0.157. The minimum absolute atomic E-state index is 0.0603. The van der Waals surface area contributed by atoms with Crippen LogP contribution in [-0.4, -0.2) is 38.0 Å². The van der Waals surface area contributed by atoms with E-state index in [0.717, 1.165) is 25.1 Å². The van der Waals surface area contributed by atoms with Crippen LogP contribution in [0, 0.1) is 0 Å². The third kappa shape index (κ3) is 6.68. The minimum atomic E-state index is -2.98. The molecular formula is C14H24N2O2S. The third-order valence-electron chi connectivity index (χ3n) is 2.94. The van der Waals surface area contributed by atoms with E-state index in [4.69, 9.17) is 0 Å². The van der Waals surface area contributed by atoms with Gasteiger partial charge in [-0.25, -0.2) is 8.42 Å². The van der Waals surface area contributed by atoms with Crippen LogP contribution < -0.4 is 5.32 Å². The fourth-order valence-corrected chi connectivity index (χ4v) is 2.91. The van der Waals surface area contributed by atoms with Crippen molar-refractivity contribution >= 4 is 9.84 Å². The first-order chi connectivity index (χ1) is 8.94. The molecule has 1 aromatic heterocycles. The van der Waals surface area contributed by atoms with Gasteiger partial charge < -0.3 is 5.32 Å². The van der Waals surface area contributed by atoms with Gasteiger partial charge in [-0.05, 0) is 31.0 Å². The van der Waals surface area contributed by atoms with E-state index in [1.54, 1.807) is 0 Å². The summed E-state index contributed by atoms with van der Waals surface area (Å²) < 4.78 is 22.9. The quantitative estimate of drug-likeness (QED) is 0.788. The summed E-state index contributed by atoms with van der Waals surface area (Å²) in [6, 6.07) is 3.98. The molecule has 108 valence electrons. The Kier molecular flexibility index (Phi) is 6.45. The van der Waals surface area contributed by atoms with Crippen molar-refractivity contribution in [2.24, 2.45) is 0 Å². The predicted molar refractivity (Wildman–Crippen MR) is 79.1 cm³/mol. The van der Waals surface area contributed by atoms with E-state index in [9.17, 15) is 8.42 Å². The van der Waals surface area contributed by atoms with Crippen molar-refractivity contribution in [1.29, 1.82) is 0 Å². The molecule has 1 unspecified atom stereocenters. The van der Waals surface area contributed by atoms with Gasteiger partial charge in [-0.3, -0.25) is 4.98 Å². The first-order valence-electron chi connectivity index (χ1n) is 6.79. The Morgan fingerprint density at radius 3 is 2.53 bits per heavy atom. The third-order valence-corrected chi connectivity index (χ3v) is 3.94. The number of nitrogens with one attached hydrogen (secondary N) is 1. The highest BCUT2D eigenvalue weighted by Gasteiger charge is 2.15. The van der Waals surface area contributed by atoms with E-state index in [0.29, 0.717) is 6.42 Å². The molecule has 0 saturated carbocycles. The van der Waals surface area contributed by atoms with Crippen molar-refractivity contribution in [3.05, 3.63) is 29.6 Å². The lowest BCUT2D eigenvalue weighted by molar-refractivity contribution is 0.526. The maximum Gasteiger partial charge on any atom is 0.148 e. The van der Waals surface area contributed by atoms with Crippen LogP contribution in [0.25, 0.3) is 0 Å². The number of hydrogen-bond acceptors (Lipinski definition) is 4. The molecule has 0 aliphatic heterocycles. The van der Waals surface area contributed by atoms with Gasteiger partial charge in [0.2, 0.25) is 0 Å². The molecule has 0 bridgehead atoms. The molecule has 1 heterocycles. The Morgan fingerprint density at radius 1 is 1.32 bits per heavy atom. The molecule has 0 aliphatic carbocycles. The molecule has 1 aromatic rings. The van der Waals surface area contributed by atoms with Crippen LogP contribution in [0.1, 0.15) is 31.5 Å². The van der Waals surface area contributed by atoms with Crippen LogP contribution in [0.15, 0.2) is 18.3 Å². The van der Waals surface area contributed by atoms with E-state index in [-0.39, 0.29) is 11.8 Å². The molecule has 0 amide bonds. The topological polar surface area (TPSA) is 59.1 Å². The van der Waals surface area contributed by atoms with Gasteiger partial charge in [0.15, 0.2) is 0 Å². The molecule has 1 N–H and O–H groups in total. The lowest BCUT2D eigenvalue weighted by atomic mass is 10.1. The lowest BCUT2D eigenvalue weighted by Gasteiger charge is -2.17. The van der Waals surface area contributed by atoms with Gasteiger partial charge in [0.05, 0.1) is 5.75 Å². The Morgan fingerprint density at radius 2 is 2.05 bits per heavy atom. The lowest BCUT2D eigenvalue weighted by Crippen LogP contribution is -2.37. The van der Waals surface area contributed by atoms with Crippen LogP contribution >= 0.6 is 0 Å². The number of pyridine rings is 1. The van der Waals surface area contributed by atoms with Crippen molar-refractivity contribution in [3.8, 4) is 0 Å². The number of sulfone groups is 1.